The number of hydrogen-bond donors (Lipinski definition) is 1. The van der Waals surface area contributed by atoms with Crippen molar-refractivity contribution in [2.24, 2.45) is 0 Å². The first-order chi connectivity index (χ1) is 9.76. The number of benzene rings is 1. The van der Waals surface area contributed by atoms with Crippen LogP contribution in [-0.4, -0.2) is 42.5 Å². The summed E-state index contributed by atoms with van der Waals surface area (Å²) in [6.45, 7) is 8.11. The second-order valence-electron chi connectivity index (χ2n) is 5.85. The van der Waals surface area contributed by atoms with Crippen molar-refractivity contribution in [1.29, 1.82) is 0 Å². The first kappa shape index (κ1) is 17.0. The third-order valence-corrected chi connectivity index (χ3v) is 2.85. The van der Waals surface area contributed by atoms with Gasteiger partial charge in [0.25, 0.3) is 5.91 Å². The van der Waals surface area contributed by atoms with Gasteiger partial charge in [-0.15, -0.1) is 0 Å². The van der Waals surface area contributed by atoms with Crippen LogP contribution >= 0.6 is 0 Å². The van der Waals surface area contributed by atoms with Crippen LogP contribution in [0.25, 0.3) is 0 Å². The minimum atomic E-state index is -0.306. The van der Waals surface area contributed by atoms with Crippen LogP contribution in [0.2, 0.25) is 0 Å². The molecule has 0 aliphatic carbocycles. The van der Waals surface area contributed by atoms with Crippen molar-refractivity contribution in [2.45, 2.75) is 33.2 Å². The third kappa shape index (κ3) is 5.45. The summed E-state index contributed by atoms with van der Waals surface area (Å²) < 4.78 is 5.07. The minimum absolute atomic E-state index is 0.0542. The van der Waals surface area contributed by atoms with Crippen molar-refractivity contribution in [3.8, 4) is 5.75 Å². The summed E-state index contributed by atoms with van der Waals surface area (Å²) in [6.07, 6.45) is 0. The highest BCUT2D eigenvalue weighted by Crippen LogP contribution is 2.13. The molecule has 0 saturated carbocycles. The number of rotatable bonds is 5. The summed E-state index contributed by atoms with van der Waals surface area (Å²) in [4.78, 5) is 25.8. The van der Waals surface area contributed by atoms with Crippen molar-refractivity contribution in [3.05, 3.63) is 29.8 Å². The topological polar surface area (TPSA) is 58.6 Å². The van der Waals surface area contributed by atoms with Crippen LogP contribution in [0.4, 0.5) is 0 Å². The fraction of sp³-hybridized carbons (Fsp3) is 0.500. The number of nitrogens with zero attached hydrogens (tertiary/aromatic N) is 1. The van der Waals surface area contributed by atoms with E-state index in [4.69, 9.17) is 4.74 Å². The molecule has 0 fully saturated rings. The largest absolute Gasteiger partial charge is 0.497 e. The molecule has 0 bridgehead atoms. The van der Waals surface area contributed by atoms with E-state index >= 15 is 0 Å². The number of hydrogen-bond acceptors (Lipinski definition) is 3. The zero-order valence-corrected chi connectivity index (χ0v) is 13.4. The first-order valence-corrected chi connectivity index (χ1v) is 7.01. The molecule has 1 aromatic carbocycles. The number of nitrogens with one attached hydrogen (secondary N) is 1. The lowest BCUT2D eigenvalue weighted by atomic mass is 10.1. The molecular formula is C16H24N2O3. The predicted octanol–water partition coefficient (Wildman–Crippen LogP) is 2.07. The molecule has 0 radical (unpaired) electrons. The van der Waals surface area contributed by atoms with Crippen LogP contribution in [0, 0.1) is 0 Å². The van der Waals surface area contributed by atoms with E-state index in [1.54, 1.807) is 31.4 Å². The highest BCUT2D eigenvalue weighted by molar-refractivity contribution is 5.96. The number of likely N-dealkylation sites (N-methyl/N-ethyl adjacent to an activating group) is 1. The zero-order valence-electron chi connectivity index (χ0n) is 13.4. The van der Waals surface area contributed by atoms with Gasteiger partial charge in [0.1, 0.15) is 5.75 Å². The molecule has 0 spiro atoms. The van der Waals surface area contributed by atoms with Gasteiger partial charge in [0.05, 0.1) is 13.7 Å². The molecule has 0 heterocycles. The second kappa shape index (κ2) is 7.11. The van der Waals surface area contributed by atoms with E-state index in [0.717, 1.165) is 0 Å². The third-order valence-electron chi connectivity index (χ3n) is 2.85. The lowest BCUT2D eigenvalue weighted by molar-refractivity contribution is -0.123. The maximum atomic E-state index is 12.4. The molecule has 116 valence electrons. The fourth-order valence-electron chi connectivity index (χ4n) is 1.87. The maximum absolute atomic E-state index is 12.4. The van der Waals surface area contributed by atoms with Crippen molar-refractivity contribution >= 4 is 11.8 Å². The molecule has 2 amide bonds. The van der Waals surface area contributed by atoms with Gasteiger partial charge in [0.15, 0.2) is 0 Å². The number of amides is 2. The Morgan fingerprint density at radius 2 is 1.76 bits per heavy atom. The smallest absolute Gasteiger partial charge is 0.254 e. The summed E-state index contributed by atoms with van der Waals surface area (Å²) in [5.74, 6) is 0.371. The maximum Gasteiger partial charge on any atom is 0.254 e. The van der Waals surface area contributed by atoms with E-state index in [9.17, 15) is 9.59 Å². The van der Waals surface area contributed by atoms with E-state index in [1.165, 1.54) is 4.90 Å². The van der Waals surface area contributed by atoms with Gasteiger partial charge in [-0.2, -0.15) is 0 Å². The molecule has 0 saturated heterocycles. The summed E-state index contributed by atoms with van der Waals surface area (Å²) >= 11 is 0. The molecule has 0 atom stereocenters. The van der Waals surface area contributed by atoms with Crippen molar-refractivity contribution in [2.75, 3.05) is 20.2 Å². The molecule has 1 N–H and O–H groups in total. The standard InChI is InChI=1S/C16H24N2O3/c1-6-18(11-14(19)17-16(2,3)4)15(20)12-7-9-13(21-5)10-8-12/h7-10H,6,11H2,1-5H3,(H,17,19). The first-order valence-electron chi connectivity index (χ1n) is 7.01. The zero-order chi connectivity index (χ0) is 16.0. The van der Waals surface area contributed by atoms with Gasteiger partial charge >= 0.3 is 0 Å². The lowest BCUT2D eigenvalue weighted by Crippen LogP contribution is -2.47. The Bertz CT molecular complexity index is 489. The number of carbonyl (C=O) groups excluding carboxylic acids is 2. The van der Waals surface area contributed by atoms with Gasteiger partial charge in [-0.3, -0.25) is 9.59 Å². The Morgan fingerprint density at radius 3 is 2.19 bits per heavy atom. The number of methoxy groups -OCH3 is 1. The SMILES string of the molecule is CCN(CC(=O)NC(C)(C)C)C(=O)c1ccc(OC)cc1. The molecule has 0 unspecified atom stereocenters. The van der Waals surface area contributed by atoms with Crippen LogP contribution in [0.15, 0.2) is 24.3 Å². The minimum Gasteiger partial charge on any atom is -0.497 e. The summed E-state index contributed by atoms with van der Waals surface area (Å²) in [7, 11) is 1.58. The van der Waals surface area contributed by atoms with Crippen LogP contribution in [0.3, 0.4) is 0 Å². The average molecular weight is 292 g/mol. The number of carbonyl (C=O) groups is 2. The lowest BCUT2D eigenvalue weighted by Gasteiger charge is -2.25. The van der Waals surface area contributed by atoms with Crippen molar-refractivity contribution in [1.82, 2.24) is 10.2 Å². The van der Waals surface area contributed by atoms with E-state index in [2.05, 4.69) is 5.32 Å². The molecule has 0 aromatic heterocycles. The molecule has 1 aromatic rings. The van der Waals surface area contributed by atoms with Gasteiger partial charge in [-0.05, 0) is 52.0 Å². The highest BCUT2D eigenvalue weighted by Gasteiger charge is 2.20. The number of ether oxygens (including phenoxy) is 1. The Hall–Kier alpha value is -2.04. The summed E-state index contributed by atoms with van der Waals surface area (Å²) in [5, 5.41) is 2.86. The quantitative estimate of drug-likeness (QED) is 0.904. The van der Waals surface area contributed by atoms with Gasteiger partial charge in [0, 0.05) is 17.6 Å². The second-order valence-corrected chi connectivity index (χ2v) is 5.85. The molecule has 21 heavy (non-hydrogen) atoms. The molecule has 0 aliphatic rings. The molecular weight excluding hydrogens is 268 g/mol. The van der Waals surface area contributed by atoms with Crippen LogP contribution in [0.1, 0.15) is 38.1 Å². The normalized spacial score (nSPS) is 10.9. The average Bonchev–Trinajstić information content (AvgIpc) is 2.42. The van der Waals surface area contributed by atoms with Gasteiger partial charge in [0.2, 0.25) is 5.91 Å². The van der Waals surface area contributed by atoms with E-state index in [-0.39, 0.29) is 23.9 Å². The van der Waals surface area contributed by atoms with Crippen LogP contribution < -0.4 is 10.1 Å². The van der Waals surface area contributed by atoms with E-state index in [1.807, 2.05) is 27.7 Å². The van der Waals surface area contributed by atoms with Crippen LogP contribution in [0.5, 0.6) is 5.75 Å². The van der Waals surface area contributed by atoms with Gasteiger partial charge < -0.3 is 15.0 Å². The van der Waals surface area contributed by atoms with Crippen molar-refractivity contribution < 1.29 is 14.3 Å². The molecule has 1 rings (SSSR count). The summed E-state index contributed by atoms with van der Waals surface area (Å²) in [6, 6.07) is 6.86. The Balaban J connectivity index is 2.74. The van der Waals surface area contributed by atoms with Gasteiger partial charge in [-0.25, -0.2) is 0 Å². The predicted molar refractivity (Wildman–Crippen MR) is 82.5 cm³/mol. The molecule has 5 heteroatoms. The van der Waals surface area contributed by atoms with E-state index < -0.39 is 0 Å². The fourth-order valence-corrected chi connectivity index (χ4v) is 1.87. The van der Waals surface area contributed by atoms with Crippen molar-refractivity contribution in [3.63, 3.8) is 0 Å². The monoisotopic (exact) mass is 292 g/mol. The Morgan fingerprint density at radius 1 is 1.19 bits per heavy atom. The van der Waals surface area contributed by atoms with Crippen LogP contribution in [-0.2, 0) is 4.79 Å². The Kier molecular flexibility index (Phi) is 5.76. The molecule has 5 nitrogen and oxygen atoms in total. The highest BCUT2D eigenvalue weighted by atomic mass is 16.5. The van der Waals surface area contributed by atoms with Gasteiger partial charge in [-0.1, -0.05) is 0 Å². The summed E-state index contributed by atoms with van der Waals surface area (Å²) in [5.41, 5.74) is 0.237. The molecule has 0 aliphatic heterocycles. The Labute approximate surface area is 126 Å². The van der Waals surface area contributed by atoms with E-state index in [0.29, 0.717) is 17.9 Å².